The summed E-state index contributed by atoms with van der Waals surface area (Å²) in [6.07, 6.45) is 1.72. The van der Waals surface area contributed by atoms with Gasteiger partial charge in [-0.2, -0.15) is 0 Å². The van der Waals surface area contributed by atoms with Gasteiger partial charge in [0.15, 0.2) is 0 Å². The molecule has 0 aliphatic heterocycles. The number of carbonyl (C=O) groups is 1. The molecule has 0 unspecified atom stereocenters. The standard InChI is InChI=1S/C11H20O3/c1-5-7-9(10(12)8(3)4)11(13)14-6-2/h7-8,10,12H,5-6H2,1-4H3/b9-7-/t10-/m1/s1. The Bertz CT molecular complexity index is 207. The summed E-state index contributed by atoms with van der Waals surface area (Å²) in [7, 11) is 0. The molecule has 0 fully saturated rings. The lowest BCUT2D eigenvalue weighted by molar-refractivity contribution is -0.140. The largest absolute Gasteiger partial charge is 0.463 e. The van der Waals surface area contributed by atoms with Crippen LogP contribution in [0.2, 0.25) is 0 Å². The zero-order valence-electron chi connectivity index (χ0n) is 9.41. The highest BCUT2D eigenvalue weighted by Gasteiger charge is 2.21. The first kappa shape index (κ1) is 13.2. The molecule has 14 heavy (non-hydrogen) atoms. The molecule has 3 nitrogen and oxygen atoms in total. The number of hydrogen-bond acceptors (Lipinski definition) is 3. The van der Waals surface area contributed by atoms with Gasteiger partial charge in [0.1, 0.15) is 0 Å². The number of aliphatic hydroxyl groups is 1. The molecule has 0 aromatic carbocycles. The van der Waals surface area contributed by atoms with Gasteiger partial charge in [-0.3, -0.25) is 0 Å². The Morgan fingerprint density at radius 1 is 1.43 bits per heavy atom. The summed E-state index contributed by atoms with van der Waals surface area (Å²) in [4.78, 5) is 11.4. The second kappa shape index (κ2) is 6.60. The summed E-state index contributed by atoms with van der Waals surface area (Å²) in [5.41, 5.74) is 0.379. The van der Waals surface area contributed by atoms with E-state index in [4.69, 9.17) is 4.74 Å². The van der Waals surface area contributed by atoms with Crippen LogP contribution in [0.15, 0.2) is 11.6 Å². The third-order valence-corrected chi connectivity index (χ3v) is 1.89. The van der Waals surface area contributed by atoms with E-state index in [9.17, 15) is 9.90 Å². The molecule has 82 valence electrons. The molecule has 1 atom stereocenters. The minimum absolute atomic E-state index is 0.0252. The molecule has 0 heterocycles. The average Bonchev–Trinajstić information content (AvgIpc) is 2.13. The van der Waals surface area contributed by atoms with Gasteiger partial charge >= 0.3 is 5.97 Å². The monoisotopic (exact) mass is 200 g/mol. The molecule has 0 saturated heterocycles. The molecule has 0 spiro atoms. The van der Waals surface area contributed by atoms with Gasteiger partial charge in [0.25, 0.3) is 0 Å². The number of esters is 1. The van der Waals surface area contributed by atoms with Gasteiger partial charge in [0.05, 0.1) is 18.3 Å². The number of ether oxygens (including phenoxy) is 1. The number of carbonyl (C=O) groups excluding carboxylic acids is 1. The van der Waals surface area contributed by atoms with Gasteiger partial charge < -0.3 is 9.84 Å². The second-order valence-corrected chi connectivity index (χ2v) is 3.48. The van der Waals surface area contributed by atoms with Crippen LogP contribution in [0.1, 0.15) is 34.1 Å². The van der Waals surface area contributed by atoms with Gasteiger partial charge in [-0.1, -0.05) is 26.8 Å². The first-order valence-electron chi connectivity index (χ1n) is 5.09. The van der Waals surface area contributed by atoms with Crippen LogP contribution in [0.3, 0.4) is 0 Å². The van der Waals surface area contributed by atoms with E-state index in [1.807, 2.05) is 20.8 Å². The van der Waals surface area contributed by atoms with Gasteiger partial charge in [-0.15, -0.1) is 0 Å². The molecular formula is C11H20O3. The Morgan fingerprint density at radius 2 is 2.00 bits per heavy atom. The van der Waals surface area contributed by atoms with Crippen LogP contribution in [0, 0.1) is 5.92 Å². The maximum Gasteiger partial charge on any atom is 0.336 e. The highest BCUT2D eigenvalue weighted by molar-refractivity contribution is 5.89. The summed E-state index contributed by atoms with van der Waals surface area (Å²) < 4.78 is 4.86. The van der Waals surface area contributed by atoms with Gasteiger partial charge in [-0.25, -0.2) is 4.79 Å². The van der Waals surface area contributed by atoms with Crippen molar-refractivity contribution in [1.82, 2.24) is 0 Å². The smallest absolute Gasteiger partial charge is 0.336 e. The molecule has 1 N–H and O–H groups in total. The van der Waals surface area contributed by atoms with E-state index in [1.54, 1.807) is 13.0 Å². The van der Waals surface area contributed by atoms with Crippen LogP contribution >= 0.6 is 0 Å². The van der Waals surface area contributed by atoms with Crippen molar-refractivity contribution in [3.05, 3.63) is 11.6 Å². The topological polar surface area (TPSA) is 46.5 Å². The Labute approximate surface area is 85.8 Å². The predicted octanol–water partition coefficient (Wildman–Crippen LogP) is 1.90. The van der Waals surface area contributed by atoms with Crippen LogP contribution in [0.25, 0.3) is 0 Å². The van der Waals surface area contributed by atoms with Crippen LogP contribution in [-0.4, -0.2) is 23.8 Å². The molecule has 0 saturated carbocycles. The Balaban J connectivity index is 4.60. The van der Waals surface area contributed by atoms with Gasteiger partial charge in [0, 0.05) is 0 Å². The molecular weight excluding hydrogens is 180 g/mol. The van der Waals surface area contributed by atoms with Crippen LogP contribution in [-0.2, 0) is 9.53 Å². The SMILES string of the molecule is CC/C=C(\C(=O)OCC)[C@H](O)C(C)C. The Hall–Kier alpha value is -0.830. The van der Waals surface area contributed by atoms with Crippen molar-refractivity contribution in [2.75, 3.05) is 6.61 Å². The summed E-state index contributed by atoms with van der Waals surface area (Å²) in [5, 5.41) is 9.75. The van der Waals surface area contributed by atoms with Gasteiger partial charge in [-0.05, 0) is 19.3 Å². The molecule has 0 bridgehead atoms. The molecule has 0 amide bonds. The highest BCUT2D eigenvalue weighted by Crippen LogP contribution is 2.14. The number of allylic oxidation sites excluding steroid dienone is 1. The maximum atomic E-state index is 11.4. The number of aliphatic hydroxyl groups excluding tert-OH is 1. The van der Waals surface area contributed by atoms with E-state index in [0.717, 1.165) is 6.42 Å². The van der Waals surface area contributed by atoms with Crippen LogP contribution < -0.4 is 0 Å². The quantitative estimate of drug-likeness (QED) is 0.544. The van der Waals surface area contributed by atoms with Crippen molar-refractivity contribution >= 4 is 5.97 Å². The van der Waals surface area contributed by atoms with Crippen molar-refractivity contribution in [3.8, 4) is 0 Å². The zero-order chi connectivity index (χ0) is 11.1. The first-order chi connectivity index (χ1) is 6.54. The summed E-state index contributed by atoms with van der Waals surface area (Å²) in [6, 6.07) is 0. The third kappa shape index (κ3) is 3.92. The average molecular weight is 200 g/mol. The van der Waals surface area contributed by atoms with Crippen molar-refractivity contribution in [2.45, 2.75) is 40.2 Å². The van der Waals surface area contributed by atoms with E-state index in [-0.39, 0.29) is 5.92 Å². The van der Waals surface area contributed by atoms with Crippen LogP contribution in [0.4, 0.5) is 0 Å². The van der Waals surface area contributed by atoms with Crippen molar-refractivity contribution in [2.24, 2.45) is 5.92 Å². The fourth-order valence-electron chi connectivity index (χ4n) is 1.12. The van der Waals surface area contributed by atoms with Crippen molar-refractivity contribution < 1.29 is 14.6 Å². The lowest BCUT2D eigenvalue weighted by Gasteiger charge is -2.17. The lowest BCUT2D eigenvalue weighted by atomic mass is 9.98. The highest BCUT2D eigenvalue weighted by atomic mass is 16.5. The summed E-state index contributed by atoms with van der Waals surface area (Å²) in [5.74, 6) is -0.382. The van der Waals surface area contributed by atoms with E-state index in [2.05, 4.69) is 0 Å². The lowest BCUT2D eigenvalue weighted by Crippen LogP contribution is -2.24. The molecule has 0 aromatic heterocycles. The van der Waals surface area contributed by atoms with E-state index < -0.39 is 12.1 Å². The molecule has 3 heteroatoms. The fourth-order valence-corrected chi connectivity index (χ4v) is 1.12. The minimum Gasteiger partial charge on any atom is -0.463 e. The second-order valence-electron chi connectivity index (χ2n) is 3.48. The molecule has 0 aliphatic carbocycles. The maximum absolute atomic E-state index is 11.4. The number of hydrogen-bond donors (Lipinski definition) is 1. The van der Waals surface area contributed by atoms with Gasteiger partial charge in [0.2, 0.25) is 0 Å². The zero-order valence-corrected chi connectivity index (χ0v) is 9.41. The van der Waals surface area contributed by atoms with Crippen molar-refractivity contribution in [3.63, 3.8) is 0 Å². The summed E-state index contributed by atoms with van der Waals surface area (Å²) >= 11 is 0. The predicted molar refractivity (Wildman–Crippen MR) is 55.9 cm³/mol. The third-order valence-electron chi connectivity index (χ3n) is 1.89. The Morgan fingerprint density at radius 3 is 2.36 bits per heavy atom. The molecule has 0 rings (SSSR count). The number of rotatable bonds is 5. The minimum atomic E-state index is -0.728. The van der Waals surface area contributed by atoms with E-state index >= 15 is 0 Å². The molecule has 0 aromatic rings. The normalized spacial score (nSPS) is 14.3. The van der Waals surface area contributed by atoms with E-state index in [1.165, 1.54) is 0 Å². The molecule has 0 aliphatic rings. The fraction of sp³-hybridized carbons (Fsp3) is 0.727. The van der Waals surface area contributed by atoms with Crippen LogP contribution in [0.5, 0.6) is 0 Å². The van der Waals surface area contributed by atoms with E-state index in [0.29, 0.717) is 12.2 Å². The summed E-state index contributed by atoms with van der Waals surface area (Å²) in [6.45, 7) is 7.75. The Kier molecular flexibility index (Phi) is 6.21. The molecule has 0 radical (unpaired) electrons. The first-order valence-corrected chi connectivity index (χ1v) is 5.09. The van der Waals surface area contributed by atoms with Crippen molar-refractivity contribution in [1.29, 1.82) is 0 Å².